The standard InChI is InChI=1S/C14H16O2/c15-13-14(11-6-2-1-3-7-11)9-5-4-8-12(14)10-16-13/h1-3,6-7,12H,4-5,8-10H2. The Morgan fingerprint density at radius 1 is 1.19 bits per heavy atom. The average molecular weight is 216 g/mol. The molecule has 1 aliphatic heterocycles. The number of benzene rings is 1. The van der Waals surface area contributed by atoms with E-state index in [4.69, 9.17) is 4.74 Å². The zero-order chi connectivity index (χ0) is 11.0. The molecular formula is C14H16O2. The van der Waals surface area contributed by atoms with Crippen LogP contribution in [0.1, 0.15) is 31.2 Å². The monoisotopic (exact) mass is 216 g/mol. The van der Waals surface area contributed by atoms with Crippen LogP contribution in [0.15, 0.2) is 30.3 Å². The Kier molecular flexibility index (Phi) is 2.23. The molecule has 16 heavy (non-hydrogen) atoms. The summed E-state index contributed by atoms with van der Waals surface area (Å²) in [5.41, 5.74) is 0.835. The van der Waals surface area contributed by atoms with E-state index in [2.05, 4.69) is 12.1 Å². The molecule has 0 spiro atoms. The maximum absolute atomic E-state index is 12.1. The van der Waals surface area contributed by atoms with Crippen molar-refractivity contribution in [3.8, 4) is 0 Å². The molecule has 2 nitrogen and oxygen atoms in total. The summed E-state index contributed by atoms with van der Waals surface area (Å²) >= 11 is 0. The summed E-state index contributed by atoms with van der Waals surface area (Å²) in [6.07, 6.45) is 4.46. The average Bonchev–Trinajstić information content (AvgIpc) is 2.70. The Balaban J connectivity index is 2.09. The van der Waals surface area contributed by atoms with E-state index in [-0.39, 0.29) is 11.4 Å². The van der Waals surface area contributed by atoms with Gasteiger partial charge in [-0.25, -0.2) is 0 Å². The first-order valence-corrected chi connectivity index (χ1v) is 6.07. The summed E-state index contributed by atoms with van der Waals surface area (Å²) in [7, 11) is 0. The van der Waals surface area contributed by atoms with Gasteiger partial charge in [-0.05, 0) is 18.4 Å². The summed E-state index contributed by atoms with van der Waals surface area (Å²) in [5.74, 6) is 0.402. The third-order valence-corrected chi connectivity index (χ3v) is 4.14. The molecule has 1 aromatic carbocycles. The van der Waals surface area contributed by atoms with Crippen LogP contribution in [0.4, 0.5) is 0 Å². The van der Waals surface area contributed by atoms with Gasteiger partial charge in [-0.15, -0.1) is 0 Å². The number of esters is 1. The molecule has 2 fully saturated rings. The maximum atomic E-state index is 12.1. The third-order valence-electron chi connectivity index (χ3n) is 4.14. The van der Waals surface area contributed by atoms with Crippen molar-refractivity contribution in [1.29, 1.82) is 0 Å². The van der Waals surface area contributed by atoms with Gasteiger partial charge in [0.2, 0.25) is 0 Å². The smallest absolute Gasteiger partial charge is 0.316 e. The SMILES string of the molecule is O=C1OCC2CCCCC12c1ccccc1. The summed E-state index contributed by atoms with van der Waals surface area (Å²) in [6, 6.07) is 10.2. The zero-order valence-electron chi connectivity index (χ0n) is 9.32. The molecule has 1 saturated heterocycles. The molecule has 2 heteroatoms. The number of hydrogen-bond acceptors (Lipinski definition) is 2. The zero-order valence-corrected chi connectivity index (χ0v) is 9.32. The number of fused-ring (bicyclic) bond motifs is 1. The predicted octanol–water partition coefficient (Wildman–Crippen LogP) is 2.67. The number of rotatable bonds is 1. The first-order chi connectivity index (χ1) is 7.84. The molecule has 3 rings (SSSR count). The quantitative estimate of drug-likeness (QED) is 0.675. The molecule has 1 aromatic rings. The molecule has 0 N–H and O–H groups in total. The van der Waals surface area contributed by atoms with Crippen molar-refractivity contribution in [3.63, 3.8) is 0 Å². The van der Waals surface area contributed by atoms with E-state index in [9.17, 15) is 4.79 Å². The number of hydrogen-bond donors (Lipinski definition) is 0. The van der Waals surface area contributed by atoms with Crippen molar-refractivity contribution in [2.24, 2.45) is 5.92 Å². The first-order valence-electron chi connectivity index (χ1n) is 6.07. The summed E-state index contributed by atoms with van der Waals surface area (Å²) in [4.78, 5) is 12.1. The lowest BCUT2D eigenvalue weighted by Crippen LogP contribution is -2.40. The van der Waals surface area contributed by atoms with Gasteiger partial charge < -0.3 is 4.74 Å². The molecule has 2 unspecified atom stereocenters. The Hall–Kier alpha value is -1.31. The van der Waals surface area contributed by atoms with Gasteiger partial charge in [0.15, 0.2) is 0 Å². The number of carbonyl (C=O) groups is 1. The van der Waals surface area contributed by atoms with E-state index in [0.29, 0.717) is 12.5 Å². The van der Waals surface area contributed by atoms with Crippen LogP contribution in [0, 0.1) is 5.92 Å². The van der Waals surface area contributed by atoms with Crippen molar-refractivity contribution in [3.05, 3.63) is 35.9 Å². The van der Waals surface area contributed by atoms with Gasteiger partial charge in [0.05, 0.1) is 12.0 Å². The van der Waals surface area contributed by atoms with Crippen LogP contribution in [0.5, 0.6) is 0 Å². The first kappa shape index (κ1) is 9.88. The Morgan fingerprint density at radius 3 is 2.81 bits per heavy atom. The molecule has 1 aliphatic carbocycles. The number of ether oxygens (including phenoxy) is 1. The van der Waals surface area contributed by atoms with E-state index < -0.39 is 0 Å². The van der Waals surface area contributed by atoms with Gasteiger partial charge in [-0.1, -0.05) is 43.2 Å². The number of cyclic esters (lactones) is 1. The van der Waals surface area contributed by atoms with Crippen molar-refractivity contribution in [1.82, 2.24) is 0 Å². The predicted molar refractivity (Wildman–Crippen MR) is 61.0 cm³/mol. The Labute approximate surface area is 95.6 Å². The van der Waals surface area contributed by atoms with Crippen LogP contribution < -0.4 is 0 Å². The van der Waals surface area contributed by atoms with Crippen molar-refractivity contribution < 1.29 is 9.53 Å². The van der Waals surface area contributed by atoms with Gasteiger partial charge in [-0.2, -0.15) is 0 Å². The van der Waals surface area contributed by atoms with Crippen LogP contribution in [0.2, 0.25) is 0 Å². The highest BCUT2D eigenvalue weighted by Gasteiger charge is 2.54. The van der Waals surface area contributed by atoms with Gasteiger partial charge >= 0.3 is 5.97 Å². The highest BCUT2D eigenvalue weighted by Crippen LogP contribution is 2.48. The normalized spacial score (nSPS) is 33.2. The van der Waals surface area contributed by atoms with Gasteiger partial charge in [0, 0.05) is 5.92 Å². The fourth-order valence-electron chi connectivity index (χ4n) is 3.28. The van der Waals surface area contributed by atoms with E-state index in [1.165, 1.54) is 6.42 Å². The largest absolute Gasteiger partial charge is 0.465 e. The second kappa shape index (κ2) is 3.62. The van der Waals surface area contributed by atoms with E-state index in [1.54, 1.807) is 0 Å². The summed E-state index contributed by atoms with van der Waals surface area (Å²) in [6.45, 7) is 0.619. The molecule has 0 bridgehead atoms. The lowest BCUT2D eigenvalue weighted by Gasteiger charge is -2.35. The molecule has 1 saturated carbocycles. The van der Waals surface area contributed by atoms with Gasteiger partial charge in [-0.3, -0.25) is 4.79 Å². The number of carbonyl (C=O) groups excluding carboxylic acids is 1. The van der Waals surface area contributed by atoms with Crippen molar-refractivity contribution in [2.75, 3.05) is 6.61 Å². The van der Waals surface area contributed by atoms with Crippen LogP contribution in [-0.2, 0) is 14.9 Å². The second-order valence-corrected chi connectivity index (χ2v) is 4.88. The minimum Gasteiger partial charge on any atom is -0.465 e. The Bertz CT molecular complexity index is 398. The summed E-state index contributed by atoms with van der Waals surface area (Å²) in [5, 5.41) is 0. The molecule has 2 aliphatic rings. The van der Waals surface area contributed by atoms with Crippen molar-refractivity contribution >= 4 is 5.97 Å². The van der Waals surface area contributed by atoms with Gasteiger partial charge in [0.25, 0.3) is 0 Å². The van der Waals surface area contributed by atoms with Crippen molar-refractivity contribution in [2.45, 2.75) is 31.1 Å². The van der Waals surface area contributed by atoms with E-state index >= 15 is 0 Å². The fraction of sp³-hybridized carbons (Fsp3) is 0.500. The minimum atomic E-state index is -0.320. The second-order valence-electron chi connectivity index (χ2n) is 4.88. The van der Waals surface area contributed by atoms with Crippen LogP contribution in [0.25, 0.3) is 0 Å². The molecule has 1 heterocycles. The van der Waals surface area contributed by atoms with Gasteiger partial charge in [0.1, 0.15) is 0 Å². The third kappa shape index (κ3) is 1.22. The van der Waals surface area contributed by atoms with E-state index in [0.717, 1.165) is 24.8 Å². The minimum absolute atomic E-state index is 0.00315. The molecule has 0 aromatic heterocycles. The van der Waals surface area contributed by atoms with Crippen LogP contribution in [-0.4, -0.2) is 12.6 Å². The lowest BCUT2D eigenvalue weighted by molar-refractivity contribution is -0.143. The molecule has 2 atom stereocenters. The van der Waals surface area contributed by atoms with Crippen LogP contribution >= 0.6 is 0 Å². The highest BCUT2D eigenvalue weighted by molar-refractivity contribution is 5.85. The Morgan fingerprint density at radius 2 is 2.00 bits per heavy atom. The summed E-state index contributed by atoms with van der Waals surface area (Å²) < 4.78 is 5.32. The molecular weight excluding hydrogens is 200 g/mol. The van der Waals surface area contributed by atoms with E-state index in [1.807, 2.05) is 18.2 Å². The molecule has 84 valence electrons. The van der Waals surface area contributed by atoms with Crippen LogP contribution in [0.3, 0.4) is 0 Å². The fourth-order valence-corrected chi connectivity index (χ4v) is 3.28. The maximum Gasteiger partial charge on any atom is 0.316 e. The highest BCUT2D eigenvalue weighted by atomic mass is 16.5. The topological polar surface area (TPSA) is 26.3 Å². The molecule has 0 radical (unpaired) electrons. The lowest BCUT2D eigenvalue weighted by atomic mass is 9.64. The molecule has 0 amide bonds.